The maximum absolute atomic E-state index is 11.0. The average molecular weight is 288 g/mol. The maximum atomic E-state index is 11.0. The van der Waals surface area contributed by atoms with E-state index in [-0.39, 0.29) is 5.69 Å². The Bertz CT molecular complexity index is 643. The van der Waals surface area contributed by atoms with Gasteiger partial charge in [0.05, 0.1) is 29.4 Å². The molecule has 110 valence electrons. The van der Waals surface area contributed by atoms with Crippen molar-refractivity contribution in [1.29, 1.82) is 0 Å². The van der Waals surface area contributed by atoms with Crippen molar-refractivity contribution < 1.29 is 14.4 Å². The van der Waals surface area contributed by atoms with Gasteiger partial charge in [-0.25, -0.2) is 0 Å². The zero-order valence-corrected chi connectivity index (χ0v) is 11.6. The Morgan fingerprint density at radius 1 is 1.19 bits per heavy atom. The third-order valence-corrected chi connectivity index (χ3v) is 2.70. The van der Waals surface area contributed by atoms with Crippen LogP contribution in [0.15, 0.2) is 42.5 Å². The van der Waals surface area contributed by atoms with E-state index in [1.807, 2.05) is 6.92 Å². The zero-order valence-electron chi connectivity index (χ0n) is 11.6. The van der Waals surface area contributed by atoms with Gasteiger partial charge in [0.25, 0.3) is 5.69 Å². The summed E-state index contributed by atoms with van der Waals surface area (Å²) in [6, 6.07) is 11.3. The van der Waals surface area contributed by atoms with Gasteiger partial charge in [-0.1, -0.05) is 19.1 Å². The van der Waals surface area contributed by atoms with Gasteiger partial charge in [-0.2, -0.15) is 0 Å². The lowest BCUT2D eigenvalue weighted by molar-refractivity contribution is -0.385. The SMILES string of the molecule is CCCOc1cc(Oc2ccccc2N)cc([N+](=O)[O-])c1. The number of anilines is 1. The molecule has 6 nitrogen and oxygen atoms in total. The van der Waals surface area contributed by atoms with Crippen LogP contribution in [0.3, 0.4) is 0 Å². The number of nitro benzene ring substituents is 1. The molecule has 2 aromatic carbocycles. The summed E-state index contributed by atoms with van der Waals surface area (Å²) in [6.45, 7) is 2.44. The van der Waals surface area contributed by atoms with E-state index in [0.717, 1.165) is 6.42 Å². The number of hydrogen-bond donors (Lipinski definition) is 1. The minimum absolute atomic E-state index is 0.0897. The average Bonchev–Trinajstić information content (AvgIpc) is 2.47. The summed E-state index contributed by atoms with van der Waals surface area (Å²) in [4.78, 5) is 10.5. The van der Waals surface area contributed by atoms with E-state index in [1.165, 1.54) is 12.1 Å². The molecular weight excluding hydrogens is 272 g/mol. The lowest BCUT2D eigenvalue weighted by atomic mass is 10.2. The monoisotopic (exact) mass is 288 g/mol. The molecule has 0 aliphatic heterocycles. The minimum atomic E-state index is -0.486. The van der Waals surface area contributed by atoms with Crippen molar-refractivity contribution in [3.8, 4) is 17.2 Å². The fraction of sp³-hybridized carbons (Fsp3) is 0.200. The smallest absolute Gasteiger partial charge is 0.276 e. The van der Waals surface area contributed by atoms with Crippen LogP contribution >= 0.6 is 0 Å². The van der Waals surface area contributed by atoms with Gasteiger partial charge in [0, 0.05) is 6.07 Å². The van der Waals surface area contributed by atoms with Gasteiger partial charge in [-0.05, 0) is 18.6 Å². The molecule has 0 radical (unpaired) electrons. The van der Waals surface area contributed by atoms with Crippen molar-refractivity contribution in [2.75, 3.05) is 12.3 Å². The number of benzene rings is 2. The fourth-order valence-electron chi connectivity index (χ4n) is 1.72. The summed E-state index contributed by atoms with van der Waals surface area (Å²) in [6.07, 6.45) is 0.810. The lowest BCUT2D eigenvalue weighted by Gasteiger charge is -2.10. The predicted molar refractivity (Wildman–Crippen MR) is 79.8 cm³/mol. The van der Waals surface area contributed by atoms with Crippen molar-refractivity contribution >= 4 is 11.4 Å². The molecule has 0 aromatic heterocycles. The first-order valence-corrected chi connectivity index (χ1v) is 6.54. The molecule has 0 unspecified atom stereocenters. The number of para-hydroxylation sites is 2. The van der Waals surface area contributed by atoms with Crippen molar-refractivity contribution in [1.82, 2.24) is 0 Å². The Labute approximate surface area is 122 Å². The number of hydrogen-bond acceptors (Lipinski definition) is 5. The van der Waals surface area contributed by atoms with Crippen LogP contribution in [0.2, 0.25) is 0 Å². The Balaban J connectivity index is 2.31. The Morgan fingerprint density at radius 3 is 2.57 bits per heavy atom. The molecule has 21 heavy (non-hydrogen) atoms. The molecule has 0 aliphatic rings. The van der Waals surface area contributed by atoms with Crippen molar-refractivity contribution in [2.45, 2.75) is 13.3 Å². The predicted octanol–water partition coefficient (Wildman–Crippen LogP) is 3.76. The molecule has 0 bridgehead atoms. The number of nitrogens with two attached hydrogens (primary N) is 1. The van der Waals surface area contributed by atoms with Crippen LogP contribution < -0.4 is 15.2 Å². The van der Waals surface area contributed by atoms with E-state index in [9.17, 15) is 10.1 Å². The number of non-ortho nitro benzene ring substituents is 1. The van der Waals surface area contributed by atoms with Crippen LogP contribution in [-0.4, -0.2) is 11.5 Å². The molecule has 0 atom stereocenters. The summed E-state index contributed by atoms with van der Waals surface area (Å²) < 4.78 is 11.1. The third kappa shape index (κ3) is 3.85. The second-order valence-corrected chi connectivity index (χ2v) is 4.41. The van der Waals surface area contributed by atoms with Gasteiger partial charge in [0.15, 0.2) is 0 Å². The third-order valence-electron chi connectivity index (χ3n) is 2.70. The number of nitrogen functional groups attached to an aromatic ring is 1. The topological polar surface area (TPSA) is 87.6 Å². The van der Waals surface area contributed by atoms with Gasteiger partial charge in [0.2, 0.25) is 0 Å². The van der Waals surface area contributed by atoms with Crippen molar-refractivity contribution in [3.63, 3.8) is 0 Å². The van der Waals surface area contributed by atoms with Crippen LogP contribution in [0.5, 0.6) is 17.2 Å². The Kier molecular flexibility index (Phi) is 4.61. The Morgan fingerprint density at radius 2 is 1.90 bits per heavy atom. The highest BCUT2D eigenvalue weighted by atomic mass is 16.6. The first-order valence-electron chi connectivity index (χ1n) is 6.54. The van der Waals surface area contributed by atoms with E-state index in [0.29, 0.717) is 29.5 Å². The second-order valence-electron chi connectivity index (χ2n) is 4.41. The summed E-state index contributed by atoms with van der Waals surface area (Å²) in [5.74, 6) is 1.16. The van der Waals surface area contributed by atoms with Crippen molar-refractivity contribution in [2.24, 2.45) is 0 Å². The van der Waals surface area contributed by atoms with E-state index < -0.39 is 4.92 Å². The molecule has 0 fully saturated rings. The molecule has 0 saturated heterocycles. The highest BCUT2D eigenvalue weighted by Crippen LogP contribution is 2.33. The summed E-state index contributed by atoms with van der Waals surface area (Å²) in [5, 5.41) is 11.0. The van der Waals surface area contributed by atoms with Crippen LogP contribution in [0.4, 0.5) is 11.4 Å². The highest BCUT2D eigenvalue weighted by molar-refractivity contribution is 5.55. The van der Waals surface area contributed by atoms with Gasteiger partial charge in [-0.15, -0.1) is 0 Å². The zero-order chi connectivity index (χ0) is 15.2. The van der Waals surface area contributed by atoms with Crippen LogP contribution in [-0.2, 0) is 0 Å². The lowest BCUT2D eigenvalue weighted by Crippen LogP contribution is -1.98. The molecule has 0 saturated carbocycles. The van der Waals surface area contributed by atoms with Crippen LogP contribution in [0.1, 0.15) is 13.3 Å². The number of nitro groups is 1. The van der Waals surface area contributed by atoms with Gasteiger partial charge >= 0.3 is 0 Å². The Hall–Kier alpha value is -2.76. The number of rotatable bonds is 6. The van der Waals surface area contributed by atoms with E-state index in [1.54, 1.807) is 30.3 Å². The highest BCUT2D eigenvalue weighted by Gasteiger charge is 2.12. The molecule has 6 heteroatoms. The standard InChI is InChI=1S/C15H16N2O4/c1-2-7-20-12-8-11(17(18)19)9-13(10-12)21-15-6-4-3-5-14(15)16/h3-6,8-10H,2,7,16H2,1H3. The molecule has 0 aliphatic carbocycles. The second kappa shape index (κ2) is 6.60. The van der Waals surface area contributed by atoms with E-state index in [4.69, 9.17) is 15.2 Å². The van der Waals surface area contributed by atoms with Crippen molar-refractivity contribution in [3.05, 3.63) is 52.6 Å². The fourth-order valence-corrected chi connectivity index (χ4v) is 1.72. The summed E-state index contributed by atoms with van der Waals surface area (Å²) >= 11 is 0. The van der Waals surface area contributed by atoms with Crippen LogP contribution in [0, 0.1) is 10.1 Å². The molecule has 2 aromatic rings. The number of nitrogens with zero attached hydrogens (tertiary/aromatic N) is 1. The van der Waals surface area contributed by atoms with E-state index in [2.05, 4.69) is 0 Å². The first-order chi connectivity index (χ1) is 10.1. The summed E-state index contributed by atoms with van der Waals surface area (Å²) in [5.41, 5.74) is 6.16. The molecule has 2 rings (SSSR count). The largest absolute Gasteiger partial charge is 0.493 e. The molecule has 0 amide bonds. The minimum Gasteiger partial charge on any atom is -0.493 e. The van der Waals surface area contributed by atoms with E-state index >= 15 is 0 Å². The normalized spacial score (nSPS) is 10.1. The molecular formula is C15H16N2O4. The molecule has 0 heterocycles. The summed E-state index contributed by atoms with van der Waals surface area (Å²) in [7, 11) is 0. The first kappa shape index (κ1) is 14.6. The van der Waals surface area contributed by atoms with Gasteiger partial charge in [-0.3, -0.25) is 10.1 Å². The van der Waals surface area contributed by atoms with Gasteiger partial charge in [0.1, 0.15) is 17.2 Å². The quantitative estimate of drug-likeness (QED) is 0.496. The van der Waals surface area contributed by atoms with Crippen LogP contribution in [0.25, 0.3) is 0 Å². The maximum Gasteiger partial charge on any atom is 0.276 e. The number of ether oxygens (including phenoxy) is 2. The molecule has 0 spiro atoms. The van der Waals surface area contributed by atoms with Gasteiger partial charge < -0.3 is 15.2 Å². The molecule has 2 N–H and O–H groups in total.